The maximum Gasteiger partial charge on any atom is 0.253 e. The van der Waals surface area contributed by atoms with Crippen LogP contribution in [0.15, 0.2) is 24.3 Å². The maximum absolute atomic E-state index is 12.3. The van der Waals surface area contributed by atoms with E-state index in [9.17, 15) is 4.79 Å². The van der Waals surface area contributed by atoms with Crippen molar-refractivity contribution in [2.24, 2.45) is 11.8 Å². The molecule has 0 saturated carbocycles. The fraction of sp³-hybridized carbons (Fsp3) is 0.588. The van der Waals surface area contributed by atoms with Gasteiger partial charge in [0.15, 0.2) is 0 Å². The zero-order chi connectivity index (χ0) is 15.2. The second-order valence-corrected chi connectivity index (χ2v) is 6.31. The van der Waals surface area contributed by atoms with Gasteiger partial charge in [0.05, 0.1) is 5.56 Å². The van der Waals surface area contributed by atoms with Crippen LogP contribution in [0.25, 0.3) is 0 Å². The predicted molar refractivity (Wildman–Crippen MR) is 87.7 cm³/mol. The molecule has 1 aromatic carbocycles. The number of rotatable bonds is 6. The molecule has 0 unspecified atom stereocenters. The number of benzene rings is 1. The van der Waals surface area contributed by atoms with Crippen molar-refractivity contribution in [3.8, 4) is 0 Å². The third-order valence-electron chi connectivity index (χ3n) is 3.99. The predicted octanol–water partition coefficient (Wildman–Crippen LogP) is 2.44. The topological polar surface area (TPSA) is 44.4 Å². The summed E-state index contributed by atoms with van der Waals surface area (Å²) in [7, 11) is 1.84. The lowest BCUT2D eigenvalue weighted by molar-refractivity contribution is 0.0948. The quantitative estimate of drug-likeness (QED) is 0.845. The van der Waals surface area contributed by atoms with Crippen LogP contribution >= 0.6 is 0 Å². The van der Waals surface area contributed by atoms with E-state index in [1.807, 2.05) is 31.3 Å². The fourth-order valence-corrected chi connectivity index (χ4v) is 2.99. The second-order valence-electron chi connectivity index (χ2n) is 6.31. The Balaban J connectivity index is 1.82. The molecule has 4 heteroatoms. The highest BCUT2D eigenvalue weighted by Crippen LogP contribution is 2.18. The van der Waals surface area contributed by atoms with Gasteiger partial charge >= 0.3 is 0 Å². The highest BCUT2D eigenvalue weighted by atomic mass is 16.1. The molecule has 21 heavy (non-hydrogen) atoms. The molecule has 4 nitrogen and oxygen atoms in total. The Hall–Kier alpha value is -1.55. The van der Waals surface area contributed by atoms with E-state index in [-0.39, 0.29) is 5.91 Å². The van der Waals surface area contributed by atoms with Crippen molar-refractivity contribution in [3.05, 3.63) is 29.8 Å². The Morgan fingerprint density at radius 3 is 2.86 bits per heavy atom. The number of amides is 1. The average molecular weight is 289 g/mol. The first-order valence-electron chi connectivity index (χ1n) is 7.87. The highest BCUT2D eigenvalue weighted by molar-refractivity contribution is 5.99. The minimum absolute atomic E-state index is 0.0160. The minimum atomic E-state index is 0.0160. The van der Waals surface area contributed by atoms with Gasteiger partial charge in [-0.2, -0.15) is 0 Å². The summed E-state index contributed by atoms with van der Waals surface area (Å²) in [6, 6.07) is 7.62. The SMILES string of the molecule is CNc1ccccc1C(=O)NC[C@H]1CCN(CC(C)C)C1. The van der Waals surface area contributed by atoms with E-state index in [1.165, 1.54) is 6.42 Å². The van der Waals surface area contributed by atoms with E-state index in [0.29, 0.717) is 11.8 Å². The lowest BCUT2D eigenvalue weighted by atomic mass is 10.1. The number of anilines is 1. The molecule has 1 atom stereocenters. The Bertz CT molecular complexity index is 473. The number of likely N-dealkylation sites (tertiary alicyclic amines) is 1. The summed E-state index contributed by atoms with van der Waals surface area (Å²) in [5.41, 5.74) is 1.60. The molecule has 2 N–H and O–H groups in total. The second kappa shape index (κ2) is 7.46. The first kappa shape index (κ1) is 15.8. The molecular weight excluding hydrogens is 262 g/mol. The third-order valence-corrected chi connectivity index (χ3v) is 3.99. The van der Waals surface area contributed by atoms with Crippen LogP contribution < -0.4 is 10.6 Å². The largest absolute Gasteiger partial charge is 0.387 e. The van der Waals surface area contributed by atoms with Gasteiger partial charge in [0.25, 0.3) is 5.91 Å². The molecule has 0 aromatic heterocycles. The molecule has 0 radical (unpaired) electrons. The normalized spacial score (nSPS) is 19.0. The molecule has 0 bridgehead atoms. The van der Waals surface area contributed by atoms with Crippen LogP contribution in [0.4, 0.5) is 5.69 Å². The minimum Gasteiger partial charge on any atom is -0.387 e. The first-order chi connectivity index (χ1) is 10.1. The van der Waals surface area contributed by atoms with E-state index < -0.39 is 0 Å². The van der Waals surface area contributed by atoms with Crippen molar-refractivity contribution in [3.63, 3.8) is 0 Å². The summed E-state index contributed by atoms with van der Waals surface area (Å²) in [6.45, 7) is 8.70. The number of para-hydroxylation sites is 1. The average Bonchev–Trinajstić information content (AvgIpc) is 2.91. The molecule has 1 aliphatic heterocycles. The van der Waals surface area contributed by atoms with Crippen molar-refractivity contribution in [1.82, 2.24) is 10.2 Å². The van der Waals surface area contributed by atoms with Crippen LogP contribution in [0.3, 0.4) is 0 Å². The zero-order valence-electron chi connectivity index (χ0n) is 13.4. The summed E-state index contributed by atoms with van der Waals surface area (Å²) < 4.78 is 0. The molecule has 0 aliphatic carbocycles. The molecule has 2 rings (SSSR count). The molecule has 1 saturated heterocycles. The van der Waals surface area contributed by atoms with Gasteiger partial charge in [-0.25, -0.2) is 0 Å². The fourth-order valence-electron chi connectivity index (χ4n) is 2.99. The smallest absolute Gasteiger partial charge is 0.253 e. The molecule has 1 amide bonds. The Kier molecular flexibility index (Phi) is 5.62. The van der Waals surface area contributed by atoms with Gasteiger partial charge in [-0.15, -0.1) is 0 Å². The summed E-state index contributed by atoms with van der Waals surface area (Å²) in [6.07, 6.45) is 1.18. The van der Waals surface area contributed by atoms with Crippen LogP contribution in [0.5, 0.6) is 0 Å². The number of nitrogens with zero attached hydrogens (tertiary/aromatic N) is 1. The van der Waals surface area contributed by atoms with Crippen molar-refractivity contribution in [2.45, 2.75) is 20.3 Å². The van der Waals surface area contributed by atoms with E-state index in [4.69, 9.17) is 0 Å². The Labute approximate surface area is 127 Å². The molecule has 0 spiro atoms. The highest BCUT2D eigenvalue weighted by Gasteiger charge is 2.23. The Morgan fingerprint density at radius 2 is 2.14 bits per heavy atom. The van der Waals surface area contributed by atoms with Crippen molar-refractivity contribution < 1.29 is 4.79 Å². The van der Waals surface area contributed by atoms with Crippen LogP contribution in [0.2, 0.25) is 0 Å². The molecular formula is C17H27N3O. The summed E-state index contributed by atoms with van der Waals surface area (Å²) in [5, 5.41) is 6.15. The maximum atomic E-state index is 12.3. The van der Waals surface area contributed by atoms with E-state index in [0.717, 1.165) is 37.4 Å². The van der Waals surface area contributed by atoms with Crippen LogP contribution in [0, 0.1) is 11.8 Å². The van der Waals surface area contributed by atoms with E-state index >= 15 is 0 Å². The van der Waals surface area contributed by atoms with Gasteiger partial charge in [0.1, 0.15) is 0 Å². The lowest BCUT2D eigenvalue weighted by Gasteiger charge is -2.18. The van der Waals surface area contributed by atoms with Gasteiger partial charge in [0, 0.05) is 32.4 Å². The zero-order valence-corrected chi connectivity index (χ0v) is 13.4. The van der Waals surface area contributed by atoms with Crippen molar-refractivity contribution in [2.75, 3.05) is 38.5 Å². The van der Waals surface area contributed by atoms with Gasteiger partial charge in [0.2, 0.25) is 0 Å². The Morgan fingerprint density at radius 1 is 1.38 bits per heavy atom. The summed E-state index contributed by atoms with van der Waals surface area (Å²) >= 11 is 0. The van der Waals surface area contributed by atoms with Gasteiger partial charge in [-0.1, -0.05) is 26.0 Å². The molecule has 1 aliphatic rings. The number of carbonyl (C=O) groups is 1. The molecule has 1 fully saturated rings. The molecule has 1 aromatic rings. The van der Waals surface area contributed by atoms with E-state index in [1.54, 1.807) is 0 Å². The van der Waals surface area contributed by atoms with Crippen LogP contribution in [-0.4, -0.2) is 44.0 Å². The third kappa shape index (κ3) is 4.46. The monoisotopic (exact) mass is 289 g/mol. The van der Waals surface area contributed by atoms with Gasteiger partial charge in [-0.05, 0) is 36.9 Å². The first-order valence-corrected chi connectivity index (χ1v) is 7.87. The number of hydrogen-bond donors (Lipinski definition) is 2. The van der Waals surface area contributed by atoms with Gasteiger partial charge in [-0.3, -0.25) is 4.79 Å². The molecule has 116 valence electrons. The van der Waals surface area contributed by atoms with Crippen molar-refractivity contribution in [1.29, 1.82) is 0 Å². The summed E-state index contributed by atoms with van der Waals surface area (Å²) in [5.74, 6) is 1.30. The van der Waals surface area contributed by atoms with E-state index in [2.05, 4.69) is 29.4 Å². The lowest BCUT2D eigenvalue weighted by Crippen LogP contribution is -2.32. The number of nitrogens with one attached hydrogen (secondary N) is 2. The number of hydrogen-bond acceptors (Lipinski definition) is 3. The standard InChI is InChI=1S/C17H27N3O/c1-13(2)11-20-9-8-14(12-20)10-19-17(21)15-6-4-5-7-16(15)18-3/h4-7,13-14,18H,8-12H2,1-3H3,(H,19,21)/t14-/m1/s1. The van der Waals surface area contributed by atoms with Crippen molar-refractivity contribution >= 4 is 11.6 Å². The summed E-state index contributed by atoms with van der Waals surface area (Å²) in [4.78, 5) is 14.8. The van der Waals surface area contributed by atoms with Gasteiger partial charge < -0.3 is 15.5 Å². The molecule has 1 heterocycles. The van der Waals surface area contributed by atoms with Crippen LogP contribution in [0.1, 0.15) is 30.6 Å². The number of carbonyl (C=O) groups excluding carboxylic acids is 1. The van der Waals surface area contributed by atoms with Crippen LogP contribution in [-0.2, 0) is 0 Å².